The molecule has 6 nitrogen and oxygen atoms in total. The van der Waals surface area contributed by atoms with Gasteiger partial charge in [0.15, 0.2) is 0 Å². The van der Waals surface area contributed by atoms with Gasteiger partial charge in [0.05, 0.1) is 0 Å². The fraction of sp³-hybridized carbons (Fsp3) is 0.619. The van der Waals surface area contributed by atoms with Crippen molar-refractivity contribution >= 4 is 30.0 Å². The highest BCUT2D eigenvalue weighted by atomic mass is 35.5. The number of nitrogens with two attached hydrogens (primary N) is 1. The monoisotopic (exact) mass is 408 g/mol. The number of carbonyl (C=O) groups is 2. The van der Waals surface area contributed by atoms with E-state index in [1.165, 1.54) is 0 Å². The molecule has 1 saturated carbocycles. The van der Waals surface area contributed by atoms with Crippen molar-refractivity contribution in [3.8, 4) is 0 Å². The van der Waals surface area contributed by atoms with Gasteiger partial charge in [-0.2, -0.15) is 0 Å². The Hall–Kier alpha value is -1.79. The summed E-state index contributed by atoms with van der Waals surface area (Å²) in [6.45, 7) is 4.17. The Morgan fingerprint density at radius 1 is 1.14 bits per heavy atom. The third kappa shape index (κ3) is 6.38. The highest BCUT2D eigenvalue weighted by Crippen LogP contribution is 2.27. The van der Waals surface area contributed by atoms with E-state index in [9.17, 15) is 9.59 Å². The van der Waals surface area contributed by atoms with Gasteiger partial charge in [-0.05, 0) is 57.1 Å². The Morgan fingerprint density at radius 2 is 1.89 bits per heavy atom. The SMILES string of the molecule is Cc1ccc(NC(=O)NCC2CCCN(C(=O)C3CCCC(N)C3)C2)cc1.Cl. The quantitative estimate of drug-likeness (QED) is 0.714. The van der Waals surface area contributed by atoms with Crippen molar-refractivity contribution in [3.63, 3.8) is 0 Å². The van der Waals surface area contributed by atoms with Crippen LogP contribution in [0, 0.1) is 18.8 Å². The van der Waals surface area contributed by atoms with Crippen LogP contribution >= 0.6 is 12.4 Å². The zero-order valence-electron chi connectivity index (χ0n) is 16.7. The number of nitrogens with one attached hydrogen (secondary N) is 2. The van der Waals surface area contributed by atoms with Crippen LogP contribution in [0.1, 0.15) is 44.1 Å². The van der Waals surface area contributed by atoms with Crippen LogP contribution in [0.4, 0.5) is 10.5 Å². The zero-order valence-corrected chi connectivity index (χ0v) is 17.5. The molecule has 2 aliphatic rings. The van der Waals surface area contributed by atoms with Crippen molar-refractivity contribution < 1.29 is 9.59 Å². The molecule has 1 aromatic rings. The summed E-state index contributed by atoms with van der Waals surface area (Å²) < 4.78 is 0. The van der Waals surface area contributed by atoms with E-state index in [1.807, 2.05) is 36.1 Å². The minimum absolute atomic E-state index is 0. The number of benzene rings is 1. The number of carbonyl (C=O) groups excluding carboxylic acids is 2. The lowest BCUT2D eigenvalue weighted by atomic mass is 9.84. The Kier molecular flexibility index (Phi) is 8.58. The molecule has 28 heavy (non-hydrogen) atoms. The number of hydrogen-bond acceptors (Lipinski definition) is 3. The van der Waals surface area contributed by atoms with Gasteiger partial charge in [0.2, 0.25) is 5.91 Å². The molecule has 3 unspecified atom stereocenters. The third-order valence-corrected chi connectivity index (χ3v) is 5.76. The molecule has 4 N–H and O–H groups in total. The molecule has 7 heteroatoms. The topological polar surface area (TPSA) is 87.5 Å². The van der Waals surface area contributed by atoms with E-state index in [1.54, 1.807) is 0 Å². The molecule has 0 radical (unpaired) electrons. The van der Waals surface area contributed by atoms with Gasteiger partial charge in [0, 0.05) is 37.3 Å². The summed E-state index contributed by atoms with van der Waals surface area (Å²) in [6, 6.07) is 7.70. The van der Waals surface area contributed by atoms with Crippen LogP contribution in [0.5, 0.6) is 0 Å². The normalized spacial score (nSPS) is 24.8. The van der Waals surface area contributed by atoms with Gasteiger partial charge in [-0.3, -0.25) is 4.79 Å². The number of nitrogens with zero attached hydrogens (tertiary/aromatic N) is 1. The molecule has 0 spiro atoms. The van der Waals surface area contributed by atoms with Gasteiger partial charge in [-0.25, -0.2) is 4.79 Å². The maximum Gasteiger partial charge on any atom is 0.319 e. The van der Waals surface area contributed by atoms with E-state index < -0.39 is 0 Å². The maximum atomic E-state index is 12.8. The minimum Gasteiger partial charge on any atom is -0.342 e. The maximum absolute atomic E-state index is 12.8. The number of hydrogen-bond donors (Lipinski definition) is 3. The highest BCUT2D eigenvalue weighted by molar-refractivity contribution is 5.89. The van der Waals surface area contributed by atoms with Crippen molar-refractivity contribution in [3.05, 3.63) is 29.8 Å². The number of likely N-dealkylation sites (tertiary alicyclic amines) is 1. The van der Waals surface area contributed by atoms with Crippen molar-refractivity contribution in [2.75, 3.05) is 25.0 Å². The summed E-state index contributed by atoms with van der Waals surface area (Å²) in [7, 11) is 0. The molecule has 1 aromatic carbocycles. The number of halogens is 1. The third-order valence-electron chi connectivity index (χ3n) is 5.76. The summed E-state index contributed by atoms with van der Waals surface area (Å²) in [4.78, 5) is 26.9. The summed E-state index contributed by atoms with van der Waals surface area (Å²) in [5.74, 6) is 0.660. The molecule has 0 aromatic heterocycles. The first-order valence-electron chi connectivity index (χ1n) is 10.2. The van der Waals surface area contributed by atoms with Crippen LogP contribution in [0.15, 0.2) is 24.3 Å². The summed E-state index contributed by atoms with van der Waals surface area (Å²) in [5.41, 5.74) is 7.99. The van der Waals surface area contributed by atoms with Gasteiger partial charge in [0.25, 0.3) is 0 Å². The largest absolute Gasteiger partial charge is 0.342 e. The molecule has 3 amide bonds. The smallest absolute Gasteiger partial charge is 0.319 e. The molecule has 1 heterocycles. The van der Waals surface area contributed by atoms with Gasteiger partial charge >= 0.3 is 6.03 Å². The Bertz CT molecular complexity index is 652. The Morgan fingerprint density at radius 3 is 2.61 bits per heavy atom. The van der Waals surface area contributed by atoms with Crippen molar-refractivity contribution in [1.29, 1.82) is 0 Å². The van der Waals surface area contributed by atoms with Crippen molar-refractivity contribution in [1.82, 2.24) is 10.2 Å². The number of rotatable bonds is 4. The number of aryl methyl sites for hydroxylation is 1. The standard InChI is InChI=1S/C21H32N4O2.ClH/c1-15-7-9-19(10-8-15)24-21(27)23-13-16-4-3-11-25(14-16)20(26)17-5-2-6-18(22)12-17;/h7-10,16-18H,2-6,11-14,22H2,1H3,(H2,23,24,27);1H. The Labute approximate surface area is 174 Å². The van der Waals surface area contributed by atoms with E-state index in [0.717, 1.165) is 62.9 Å². The van der Waals surface area contributed by atoms with E-state index in [2.05, 4.69) is 10.6 Å². The van der Waals surface area contributed by atoms with E-state index in [0.29, 0.717) is 12.5 Å². The van der Waals surface area contributed by atoms with Gasteiger partial charge in [-0.1, -0.05) is 24.1 Å². The Balaban J connectivity index is 0.00000280. The first-order chi connectivity index (χ1) is 13.0. The molecule has 3 atom stereocenters. The van der Waals surface area contributed by atoms with E-state index in [-0.39, 0.29) is 36.3 Å². The van der Waals surface area contributed by atoms with Crippen molar-refractivity contribution in [2.45, 2.75) is 51.5 Å². The fourth-order valence-electron chi connectivity index (χ4n) is 4.19. The molecule has 2 fully saturated rings. The second kappa shape index (κ2) is 10.7. The van der Waals surface area contributed by atoms with Gasteiger partial charge < -0.3 is 21.3 Å². The zero-order chi connectivity index (χ0) is 19.2. The average Bonchev–Trinajstić information content (AvgIpc) is 2.68. The average molecular weight is 409 g/mol. The molecule has 3 rings (SSSR count). The lowest BCUT2D eigenvalue weighted by molar-refractivity contribution is -0.138. The van der Waals surface area contributed by atoms with Gasteiger partial charge in [-0.15, -0.1) is 12.4 Å². The van der Waals surface area contributed by atoms with Crippen LogP contribution in [0.2, 0.25) is 0 Å². The first kappa shape index (κ1) is 22.5. The van der Waals surface area contributed by atoms with Crippen LogP contribution in [-0.2, 0) is 4.79 Å². The second-order valence-electron chi connectivity index (χ2n) is 8.12. The van der Waals surface area contributed by atoms with Gasteiger partial charge in [0.1, 0.15) is 0 Å². The predicted molar refractivity (Wildman–Crippen MR) is 115 cm³/mol. The predicted octanol–water partition coefficient (Wildman–Crippen LogP) is 3.29. The highest BCUT2D eigenvalue weighted by Gasteiger charge is 2.31. The lowest BCUT2D eigenvalue weighted by Crippen LogP contribution is -2.47. The summed E-state index contributed by atoms with van der Waals surface area (Å²) in [5, 5.41) is 5.81. The van der Waals surface area contributed by atoms with Crippen LogP contribution < -0.4 is 16.4 Å². The molecule has 156 valence electrons. The van der Waals surface area contributed by atoms with Crippen molar-refractivity contribution in [2.24, 2.45) is 17.6 Å². The fourth-order valence-corrected chi connectivity index (χ4v) is 4.19. The molecule has 1 saturated heterocycles. The van der Waals surface area contributed by atoms with Crippen LogP contribution in [0.3, 0.4) is 0 Å². The molecule has 1 aliphatic carbocycles. The van der Waals surface area contributed by atoms with E-state index >= 15 is 0 Å². The number of urea groups is 1. The second-order valence-corrected chi connectivity index (χ2v) is 8.12. The van der Waals surface area contributed by atoms with Crippen LogP contribution in [0.25, 0.3) is 0 Å². The molecular weight excluding hydrogens is 376 g/mol. The number of amides is 3. The van der Waals surface area contributed by atoms with Crippen LogP contribution in [-0.4, -0.2) is 42.5 Å². The molecular formula is C21H33ClN4O2. The number of anilines is 1. The summed E-state index contributed by atoms with van der Waals surface area (Å²) in [6.07, 6.45) is 5.90. The lowest BCUT2D eigenvalue weighted by Gasteiger charge is -2.36. The summed E-state index contributed by atoms with van der Waals surface area (Å²) >= 11 is 0. The number of piperidine rings is 1. The minimum atomic E-state index is -0.194. The molecule has 1 aliphatic heterocycles. The first-order valence-corrected chi connectivity index (χ1v) is 10.2. The molecule has 0 bridgehead atoms. The van der Waals surface area contributed by atoms with E-state index in [4.69, 9.17) is 5.73 Å².